The maximum Gasteiger partial charge on any atom is 0.303 e. The average Bonchev–Trinajstić information content (AvgIpc) is 2.80. The van der Waals surface area contributed by atoms with E-state index in [0.717, 1.165) is 25.2 Å². The number of carboxylic acids is 1. The monoisotopic (exact) mass is 220 g/mol. The number of carboxylic acid groups (broad SMARTS) is 1. The van der Waals surface area contributed by atoms with E-state index in [2.05, 4.69) is 12.1 Å². The molecular weight excluding hydrogens is 204 g/mol. The number of hydrogen-bond donors (Lipinski definition) is 1. The van der Waals surface area contributed by atoms with E-state index in [4.69, 9.17) is 9.84 Å². The van der Waals surface area contributed by atoms with E-state index in [0.29, 0.717) is 12.3 Å². The van der Waals surface area contributed by atoms with Crippen LogP contribution < -0.4 is 0 Å². The standard InChI is InChI=1S/C13H16O3/c14-13(15)6-3-10-1-4-11(5-2-10)12-7-8-16-9-12/h1-2,4-5,12H,3,6-9H2,(H,14,15). The van der Waals surface area contributed by atoms with Crippen LogP contribution in [0.3, 0.4) is 0 Å². The summed E-state index contributed by atoms with van der Waals surface area (Å²) in [5.74, 6) is -0.221. The Labute approximate surface area is 95.0 Å². The van der Waals surface area contributed by atoms with Crippen LogP contribution in [-0.2, 0) is 16.0 Å². The predicted octanol–water partition coefficient (Wildman–Crippen LogP) is 2.21. The second kappa shape index (κ2) is 5.12. The Hall–Kier alpha value is -1.35. The highest BCUT2D eigenvalue weighted by Gasteiger charge is 2.17. The summed E-state index contributed by atoms with van der Waals surface area (Å²) in [5.41, 5.74) is 2.39. The van der Waals surface area contributed by atoms with Gasteiger partial charge in [0.25, 0.3) is 0 Å². The smallest absolute Gasteiger partial charge is 0.303 e. The molecule has 0 aliphatic carbocycles. The molecule has 1 saturated heterocycles. The van der Waals surface area contributed by atoms with Gasteiger partial charge in [0.15, 0.2) is 0 Å². The number of rotatable bonds is 4. The molecule has 1 aliphatic heterocycles. The van der Waals surface area contributed by atoms with Gasteiger partial charge in [-0.05, 0) is 24.0 Å². The molecule has 3 nitrogen and oxygen atoms in total. The van der Waals surface area contributed by atoms with Gasteiger partial charge in [-0.25, -0.2) is 0 Å². The molecule has 0 radical (unpaired) electrons. The molecule has 1 atom stereocenters. The second-order valence-corrected chi connectivity index (χ2v) is 4.20. The third-order valence-corrected chi connectivity index (χ3v) is 3.01. The lowest BCUT2D eigenvalue weighted by Crippen LogP contribution is -1.99. The fourth-order valence-corrected chi connectivity index (χ4v) is 2.01. The number of benzene rings is 1. The molecule has 0 bridgehead atoms. The summed E-state index contributed by atoms with van der Waals surface area (Å²) in [4.78, 5) is 10.4. The van der Waals surface area contributed by atoms with E-state index in [9.17, 15) is 4.79 Å². The van der Waals surface area contributed by atoms with Crippen LogP contribution in [0.2, 0.25) is 0 Å². The van der Waals surface area contributed by atoms with Gasteiger partial charge in [-0.2, -0.15) is 0 Å². The zero-order valence-electron chi connectivity index (χ0n) is 9.19. The van der Waals surface area contributed by atoms with Gasteiger partial charge in [0.1, 0.15) is 0 Å². The third-order valence-electron chi connectivity index (χ3n) is 3.01. The summed E-state index contributed by atoms with van der Waals surface area (Å²) in [7, 11) is 0. The van der Waals surface area contributed by atoms with Crippen molar-refractivity contribution in [2.24, 2.45) is 0 Å². The van der Waals surface area contributed by atoms with E-state index in [1.54, 1.807) is 0 Å². The van der Waals surface area contributed by atoms with Gasteiger partial charge >= 0.3 is 5.97 Å². The van der Waals surface area contributed by atoms with Gasteiger partial charge in [-0.3, -0.25) is 4.79 Å². The summed E-state index contributed by atoms with van der Waals surface area (Å²) >= 11 is 0. The molecule has 1 heterocycles. The topological polar surface area (TPSA) is 46.5 Å². The Morgan fingerprint density at radius 3 is 2.69 bits per heavy atom. The summed E-state index contributed by atoms with van der Waals surface area (Å²) in [6.07, 6.45) is 1.90. The third kappa shape index (κ3) is 2.83. The molecule has 1 fully saturated rings. The van der Waals surface area contributed by atoms with Gasteiger partial charge < -0.3 is 9.84 Å². The number of carbonyl (C=O) groups is 1. The first-order chi connectivity index (χ1) is 7.75. The molecule has 3 heteroatoms. The Kier molecular flexibility index (Phi) is 3.57. The second-order valence-electron chi connectivity index (χ2n) is 4.20. The molecule has 1 aliphatic rings. The Morgan fingerprint density at radius 1 is 1.38 bits per heavy atom. The van der Waals surface area contributed by atoms with Crippen molar-refractivity contribution in [1.29, 1.82) is 0 Å². The van der Waals surface area contributed by atoms with E-state index in [1.165, 1.54) is 5.56 Å². The first kappa shape index (κ1) is 11.1. The normalized spacial score (nSPS) is 19.9. The van der Waals surface area contributed by atoms with Crippen molar-refractivity contribution in [2.45, 2.75) is 25.2 Å². The lowest BCUT2D eigenvalue weighted by molar-refractivity contribution is -0.136. The van der Waals surface area contributed by atoms with Crippen LogP contribution >= 0.6 is 0 Å². The summed E-state index contributed by atoms with van der Waals surface area (Å²) < 4.78 is 5.34. The van der Waals surface area contributed by atoms with Crippen molar-refractivity contribution in [2.75, 3.05) is 13.2 Å². The maximum atomic E-state index is 10.4. The molecule has 16 heavy (non-hydrogen) atoms. The number of hydrogen-bond acceptors (Lipinski definition) is 2. The maximum absolute atomic E-state index is 10.4. The van der Waals surface area contributed by atoms with Gasteiger partial charge in [0.05, 0.1) is 6.61 Å². The fourth-order valence-electron chi connectivity index (χ4n) is 2.01. The molecule has 1 aromatic carbocycles. The largest absolute Gasteiger partial charge is 0.481 e. The van der Waals surface area contributed by atoms with E-state index in [-0.39, 0.29) is 6.42 Å². The molecule has 2 rings (SSSR count). The van der Waals surface area contributed by atoms with Gasteiger partial charge in [-0.15, -0.1) is 0 Å². The Morgan fingerprint density at radius 2 is 2.12 bits per heavy atom. The van der Waals surface area contributed by atoms with Crippen LogP contribution in [0.5, 0.6) is 0 Å². The van der Waals surface area contributed by atoms with Gasteiger partial charge in [0, 0.05) is 18.9 Å². The number of aryl methyl sites for hydroxylation is 1. The van der Waals surface area contributed by atoms with Crippen molar-refractivity contribution in [3.8, 4) is 0 Å². The van der Waals surface area contributed by atoms with Crippen molar-refractivity contribution in [1.82, 2.24) is 0 Å². The lowest BCUT2D eigenvalue weighted by atomic mass is 9.97. The minimum absolute atomic E-state index is 0.200. The molecule has 1 N–H and O–H groups in total. The van der Waals surface area contributed by atoms with Crippen molar-refractivity contribution in [3.05, 3.63) is 35.4 Å². The Bertz CT molecular complexity index is 350. The number of aliphatic carboxylic acids is 1. The van der Waals surface area contributed by atoms with Crippen LogP contribution in [0, 0.1) is 0 Å². The molecule has 1 aromatic rings. The highest BCUT2D eigenvalue weighted by molar-refractivity contribution is 5.67. The van der Waals surface area contributed by atoms with Crippen molar-refractivity contribution >= 4 is 5.97 Å². The van der Waals surface area contributed by atoms with Gasteiger partial charge in [0.2, 0.25) is 0 Å². The molecule has 0 spiro atoms. The van der Waals surface area contributed by atoms with E-state index >= 15 is 0 Å². The molecular formula is C13H16O3. The minimum atomic E-state index is -0.742. The van der Waals surface area contributed by atoms with Crippen LogP contribution in [0.25, 0.3) is 0 Å². The van der Waals surface area contributed by atoms with E-state index in [1.807, 2.05) is 12.1 Å². The minimum Gasteiger partial charge on any atom is -0.481 e. The molecule has 1 unspecified atom stereocenters. The first-order valence-corrected chi connectivity index (χ1v) is 5.64. The zero-order chi connectivity index (χ0) is 11.4. The molecule has 0 saturated carbocycles. The van der Waals surface area contributed by atoms with Crippen molar-refractivity contribution < 1.29 is 14.6 Å². The highest BCUT2D eigenvalue weighted by Crippen LogP contribution is 2.25. The molecule has 0 amide bonds. The van der Waals surface area contributed by atoms with Gasteiger partial charge in [-0.1, -0.05) is 24.3 Å². The van der Waals surface area contributed by atoms with Crippen LogP contribution in [0.4, 0.5) is 0 Å². The van der Waals surface area contributed by atoms with Crippen LogP contribution in [0.1, 0.15) is 29.9 Å². The van der Waals surface area contributed by atoms with E-state index < -0.39 is 5.97 Å². The van der Waals surface area contributed by atoms with Crippen LogP contribution in [0.15, 0.2) is 24.3 Å². The van der Waals surface area contributed by atoms with Crippen molar-refractivity contribution in [3.63, 3.8) is 0 Å². The highest BCUT2D eigenvalue weighted by atomic mass is 16.5. The lowest BCUT2D eigenvalue weighted by Gasteiger charge is -2.08. The molecule has 86 valence electrons. The SMILES string of the molecule is O=C(O)CCc1ccc(C2CCOC2)cc1. The number of ether oxygens (including phenoxy) is 1. The Balaban J connectivity index is 1.95. The summed E-state index contributed by atoms with van der Waals surface area (Å²) in [6, 6.07) is 8.24. The summed E-state index contributed by atoms with van der Waals surface area (Å²) in [5, 5.41) is 8.59. The zero-order valence-corrected chi connectivity index (χ0v) is 9.19. The summed E-state index contributed by atoms with van der Waals surface area (Å²) in [6.45, 7) is 1.67. The first-order valence-electron chi connectivity index (χ1n) is 5.64. The quantitative estimate of drug-likeness (QED) is 0.846. The van der Waals surface area contributed by atoms with Crippen LogP contribution in [-0.4, -0.2) is 24.3 Å². The predicted molar refractivity (Wildman–Crippen MR) is 60.6 cm³/mol. The average molecular weight is 220 g/mol. The molecule has 0 aromatic heterocycles. The fraction of sp³-hybridized carbons (Fsp3) is 0.462.